The second-order valence-corrected chi connectivity index (χ2v) is 9.28. The van der Waals surface area contributed by atoms with Crippen LogP contribution in [0.1, 0.15) is 45.9 Å². The third-order valence-corrected chi connectivity index (χ3v) is 6.98. The van der Waals surface area contributed by atoms with E-state index in [9.17, 15) is 4.79 Å². The van der Waals surface area contributed by atoms with E-state index in [1.807, 2.05) is 48.2 Å². The minimum Gasteiger partial charge on any atom is -0.437 e. The van der Waals surface area contributed by atoms with Crippen LogP contribution in [0.25, 0.3) is 0 Å². The zero-order chi connectivity index (χ0) is 24.2. The second kappa shape index (κ2) is 10.4. The Labute approximate surface area is 206 Å². The molecule has 2 aliphatic rings. The molecule has 2 aromatic carbocycles. The number of ether oxygens (including phenoxy) is 2. The standard InChI is InChI=1S/C28H32N4O3/c1-20-6-8-23(9-7-20)35-27-26(29-12-13-30-27)22-10-14-32(15-11-22)28(33)24-4-3-5-25(21(24)2)31-16-18-34-19-17-31/h3-9,12-13,22H,10-11,14-19H2,1-2H3. The highest BCUT2D eigenvalue weighted by atomic mass is 16.5. The van der Waals surface area contributed by atoms with E-state index in [0.717, 1.165) is 67.4 Å². The molecule has 0 spiro atoms. The zero-order valence-electron chi connectivity index (χ0n) is 20.4. The van der Waals surface area contributed by atoms with Gasteiger partial charge in [-0.3, -0.25) is 9.78 Å². The van der Waals surface area contributed by atoms with Crippen molar-refractivity contribution in [2.24, 2.45) is 0 Å². The summed E-state index contributed by atoms with van der Waals surface area (Å²) in [7, 11) is 0. The summed E-state index contributed by atoms with van der Waals surface area (Å²) < 4.78 is 11.6. The fourth-order valence-corrected chi connectivity index (χ4v) is 4.94. The SMILES string of the molecule is Cc1ccc(Oc2nccnc2C2CCN(C(=O)c3cccc(N4CCOCC4)c3C)CC2)cc1. The van der Waals surface area contributed by atoms with Gasteiger partial charge in [-0.05, 0) is 56.5 Å². The molecule has 0 unspecified atom stereocenters. The third-order valence-electron chi connectivity index (χ3n) is 6.98. The van der Waals surface area contributed by atoms with Gasteiger partial charge in [0.1, 0.15) is 11.4 Å². The molecule has 2 fully saturated rings. The fraction of sp³-hybridized carbons (Fsp3) is 0.393. The number of piperidine rings is 1. The number of carbonyl (C=O) groups is 1. The molecule has 2 saturated heterocycles. The number of benzene rings is 2. The first-order valence-electron chi connectivity index (χ1n) is 12.4. The Balaban J connectivity index is 1.27. The molecular weight excluding hydrogens is 440 g/mol. The van der Waals surface area contributed by atoms with Crippen LogP contribution in [0.5, 0.6) is 11.6 Å². The number of morpholine rings is 1. The van der Waals surface area contributed by atoms with E-state index in [0.29, 0.717) is 19.0 Å². The molecule has 5 rings (SSSR count). The van der Waals surface area contributed by atoms with E-state index in [1.54, 1.807) is 12.4 Å². The molecule has 0 bridgehead atoms. The van der Waals surface area contributed by atoms with Crippen LogP contribution >= 0.6 is 0 Å². The van der Waals surface area contributed by atoms with Gasteiger partial charge in [-0.25, -0.2) is 4.98 Å². The van der Waals surface area contributed by atoms with E-state index in [2.05, 4.69) is 27.9 Å². The number of nitrogens with zero attached hydrogens (tertiary/aromatic N) is 4. The molecule has 0 N–H and O–H groups in total. The summed E-state index contributed by atoms with van der Waals surface area (Å²) in [6.07, 6.45) is 5.04. The molecule has 182 valence electrons. The summed E-state index contributed by atoms with van der Waals surface area (Å²) in [5, 5.41) is 0. The summed E-state index contributed by atoms with van der Waals surface area (Å²) >= 11 is 0. The van der Waals surface area contributed by atoms with Crippen molar-refractivity contribution < 1.29 is 14.3 Å². The first kappa shape index (κ1) is 23.3. The quantitative estimate of drug-likeness (QED) is 0.534. The van der Waals surface area contributed by atoms with Crippen LogP contribution in [0.2, 0.25) is 0 Å². The van der Waals surface area contributed by atoms with Crippen molar-refractivity contribution in [1.29, 1.82) is 0 Å². The van der Waals surface area contributed by atoms with Crippen molar-refractivity contribution in [2.75, 3.05) is 44.3 Å². The van der Waals surface area contributed by atoms with Gasteiger partial charge in [0.25, 0.3) is 5.91 Å². The molecule has 35 heavy (non-hydrogen) atoms. The molecule has 0 atom stereocenters. The van der Waals surface area contributed by atoms with Crippen molar-refractivity contribution in [1.82, 2.24) is 14.9 Å². The molecule has 0 aliphatic carbocycles. The van der Waals surface area contributed by atoms with Crippen molar-refractivity contribution in [3.63, 3.8) is 0 Å². The smallest absolute Gasteiger partial charge is 0.254 e. The van der Waals surface area contributed by atoms with Crippen LogP contribution in [0.15, 0.2) is 54.9 Å². The summed E-state index contributed by atoms with van der Waals surface area (Å²) in [4.78, 5) is 26.8. The fourth-order valence-electron chi connectivity index (χ4n) is 4.94. The largest absolute Gasteiger partial charge is 0.437 e. The van der Waals surface area contributed by atoms with Crippen molar-refractivity contribution in [3.05, 3.63) is 77.2 Å². The van der Waals surface area contributed by atoms with Gasteiger partial charge in [-0.1, -0.05) is 23.8 Å². The van der Waals surface area contributed by atoms with Crippen LogP contribution in [0.3, 0.4) is 0 Å². The van der Waals surface area contributed by atoms with Gasteiger partial charge in [0, 0.05) is 55.7 Å². The Morgan fingerprint density at radius 1 is 0.943 bits per heavy atom. The Morgan fingerprint density at radius 2 is 1.66 bits per heavy atom. The van der Waals surface area contributed by atoms with Crippen molar-refractivity contribution in [3.8, 4) is 11.6 Å². The van der Waals surface area contributed by atoms with E-state index < -0.39 is 0 Å². The van der Waals surface area contributed by atoms with E-state index >= 15 is 0 Å². The van der Waals surface area contributed by atoms with Crippen LogP contribution in [0.4, 0.5) is 5.69 Å². The first-order valence-corrected chi connectivity index (χ1v) is 12.4. The average molecular weight is 473 g/mol. The summed E-state index contributed by atoms with van der Waals surface area (Å²) in [6, 6.07) is 14.0. The highest BCUT2D eigenvalue weighted by Crippen LogP contribution is 2.34. The number of aromatic nitrogens is 2. The number of aryl methyl sites for hydroxylation is 1. The lowest BCUT2D eigenvalue weighted by Crippen LogP contribution is -2.39. The molecule has 2 aliphatic heterocycles. The van der Waals surface area contributed by atoms with Gasteiger partial charge < -0.3 is 19.3 Å². The van der Waals surface area contributed by atoms with Crippen LogP contribution in [-0.2, 0) is 4.74 Å². The van der Waals surface area contributed by atoms with Gasteiger partial charge in [0.05, 0.1) is 13.2 Å². The van der Waals surface area contributed by atoms with Crippen LogP contribution < -0.4 is 9.64 Å². The number of anilines is 1. The first-order chi connectivity index (χ1) is 17.1. The average Bonchev–Trinajstić information content (AvgIpc) is 2.91. The number of rotatable bonds is 5. The summed E-state index contributed by atoms with van der Waals surface area (Å²) in [6.45, 7) is 8.64. The molecule has 3 heterocycles. The van der Waals surface area contributed by atoms with E-state index in [4.69, 9.17) is 9.47 Å². The maximum absolute atomic E-state index is 13.5. The Hall–Kier alpha value is -3.45. The molecule has 0 radical (unpaired) electrons. The normalized spacial score (nSPS) is 16.9. The summed E-state index contributed by atoms with van der Waals surface area (Å²) in [5.41, 5.74) is 5.01. The third kappa shape index (κ3) is 5.15. The van der Waals surface area contributed by atoms with E-state index in [1.165, 1.54) is 5.56 Å². The lowest BCUT2D eigenvalue weighted by atomic mass is 9.92. The topological polar surface area (TPSA) is 67.8 Å². The number of hydrogen-bond donors (Lipinski definition) is 0. The minimum atomic E-state index is 0.103. The number of amides is 1. The summed E-state index contributed by atoms with van der Waals surface area (Å²) in [5.74, 6) is 1.61. The maximum atomic E-state index is 13.5. The second-order valence-electron chi connectivity index (χ2n) is 9.28. The monoisotopic (exact) mass is 472 g/mol. The van der Waals surface area contributed by atoms with Crippen molar-refractivity contribution in [2.45, 2.75) is 32.6 Å². The Bertz CT molecular complexity index is 1170. The Kier molecular flexibility index (Phi) is 6.95. The van der Waals surface area contributed by atoms with Crippen LogP contribution in [0, 0.1) is 13.8 Å². The highest BCUT2D eigenvalue weighted by Gasteiger charge is 2.29. The molecule has 3 aromatic rings. The highest BCUT2D eigenvalue weighted by molar-refractivity contribution is 5.97. The van der Waals surface area contributed by atoms with Gasteiger partial charge in [-0.15, -0.1) is 0 Å². The number of carbonyl (C=O) groups excluding carboxylic acids is 1. The molecular formula is C28H32N4O3. The predicted molar refractivity (Wildman–Crippen MR) is 135 cm³/mol. The van der Waals surface area contributed by atoms with Crippen molar-refractivity contribution >= 4 is 11.6 Å². The van der Waals surface area contributed by atoms with Gasteiger partial charge in [0.15, 0.2) is 0 Å². The molecule has 1 amide bonds. The maximum Gasteiger partial charge on any atom is 0.254 e. The number of hydrogen-bond acceptors (Lipinski definition) is 6. The minimum absolute atomic E-state index is 0.103. The Morgan fingerprint density at radius 3 is 2.40 bits per heavy atom. The van der Waals surface area contributed by atoms with Gasteiger partial charge >= 0.3 is 0 Å². The van der Waals surface area contributed by atoms with Gasteiger partial charge in [-0.2, -0.15) is 0 Å². The molecule has 1 aromatic heterocycles. The van der Waals surface area contributed by atoms with E-state index in [-0.39, 0.29) is 11.8 Å². The molecule has 0 saturated carbocycles. The lowest BCUT2D eigenvalue weighted by Gasteiger charge is -2.33. The number of likely N-dealkylation sites (tertiary alicyclic amines) is 1. The predicted octanol–water partition coefficient (Wildman–Crippen LogP) is 4.74. The molecule has 7 heteroatoms. The lowest BCUT2D eigenvalue weighted by molar-refractivity contribution is 0.0711. The van der Waals surface area contributed by atoms with Crippen LogP contribution in [-0.4, -0.2) is 60.2 Å². The molecule has 7 nitrogen and oxygen atoms in total. The van der Waals surface area contributed by atoms with Gasteiger partial charge in [0.2, 0.25) is 5.88 Å². The zero-order valence-corrected chi connectivity index (χ0v) is 20.4.